The summed E-state index contributed by atoms with van der Waals surface area (Å²) in [5.41, 5.74) is 6.78. The van der Waals surface area contributed by atoms with Crippen LogP contribution in [0.5, 0.6) is 0 Å². The number of nitrogens with one attached hydrogen (secondary N) is 1. The second kappa shape index (κ2) is 8.23. The van der Waals surface area contributed by atoms with E-state index in [0.29, 0.717) is 10.8 Å². The minimum absolute atomic E-state index is 0.318. The molecule has 0 aromatic rings. The monoisotopic (exact) mass is 270 g/mol. The maximum absolute atomic E-state index is 6.03. The molecule has 0 aromatic carbocycles. The van der Waals surface area contributed by atoms with Gasteiger partial charge in [0.2, 0.25) is 0 Å². The van der Waals surface area contributed by atoms with Crippen molar-refractivity contribution in [3.05, 3.63) is 0 Å². The van der Waals surface area contributed by atoms with Gasteiger partial charge in [-0.15, -0.1) is 0 Å². The normalized spacial score (nSPS) is 19.6. The predicted molar refractivity (Wildman–Crippen MR) is 82.3 cm³/mol. The minimum atomic E-state index is 0.318. The van der Waals surface area contributed by atoms with Crippen molar-refractivity contribution < 1.29 is 4.74 Å². The average molecular weight is 270 g/mol. The highest BCUT2D eigenvalue weighted by Gasteiger charge is 2.30. The first-order valence-electron chi connectivity index (χ1n) is 7.93. The summed E-state index contributed by atoms with van der Waals surface area (Å²) in [6, 6.07) is 0. The van der Waals surface area contributed by atoms with Crippen LogP contribution in [0.1, 0.15) is 58.8 Å². The fourth-order valence-electron chi connectivity index (χ4n) is 3.11. The molecule has 0 aliphatic heterocycles. The first-order valence-corrected chi connectivity index (χ1v) is 7.93. The SMILES string of the molecule is COCCC(C)(C)CNCCC1(CN)CCCCC1. The van der Waals surface area contributed by atoms with Gasteiger partial charge in [0, 0.05) is 20.3 Å². The Hall–Kier alpha value is -0.120. The molecule has 1 saturated carbocycles. The topological polar surface area (TPSA) is 47.3 Å². The highest BCUT2D eigenvalue weighted by molar-refractivity contribution is 4.84. The van der Waals surface area contributed by atoms with Gasteiger partial charge >= 0.3 is 0 Å². The van der Waals surface area contributed by atoms with Gasteiger partial charge in [0.25, 0.3) is 0 Å². The molecule has 0 spiro atoms. The minimum Gasteiger partial charge on any atom is -0.385 e. The molecule has 1 rings (SSSR count). The van der Waals surface area contributed by atoms with Crippen LogP contribution in [0, 0.1) is 10.8 Å². The van der Waals surface area contributed by atoms with Crippen LogP contribution in [0.2, 0.25) is 0 Å². The van der Waals surface area contributed by atoms with Gasteiger partial charge in [-0.2, -0.15) is 0 Å². The Labute approximate surface area is 119 Å². The van der Waals surface area contributed by atoms with Crippen LogP contribution < -0.4 is 11.1 Å². The summed E-state index contributed by atoms with van der Waals surface area (Å²) >= 11 is 0. The molecular formula is C16H34N2O. The fraction of sp³-hybridized carbons (Fsp3) is 1.00. The smallest absolute Gasteiger partial charge is 0.0467 e. The van der Waals surface area contributed by atoms with Gasteiger partial charge in [0.15, 0.2) is 0 Å². The first-order chi connectivity index (χ1) is 9.04. The number of hydrogen-bond donors (Lipinski definition) is 2. The largest absolute Gasteiger partial charge is 0.385 e. The Morgan fingerprint density at radius 2 is 1.89 bits per heavy atom. The maximum Gasteiger partial charge on any atom is 0.0467 e. The molecular weight excluding hydrogens is 236 g/mol. The zero-order valence-electron chi connectivity index (χ0n) is 13.3. The summed E-state index contributed by atoms with van der Waals surface area (Å²) in [6.45, 7) is 8.49. The van der Waals surface area contributed by atoms with Crippen molar-refractivity contribution in [2.75, 3.05) is 33.4 Å². The molecule has 1 aliphatic rings. The molecule has 0 unspecified atom stereocenters. The lowest BCUT2D eigenvalue weighted by Gasteiger charge is -2.37. The third-order valence-corrected chi connectivity index (χ3v) is 4.77. The van der Waals surface area contributed by atoms with Gasteiger partial charge in [-0.05, 0) is 49.6 Å². The van der Waals surface area contributed by atoms with Gasteiger partial charge in [-0.1, -0.05) is 33.1 Å². The van der Waals surface area contributed by atoms with E-state index in [1.165, 1.54) is 38.5 Å². The second-order valence-electron chi connectivity index (χ2n) is 7.10. The van der Waals surface area contributed by atoms with Crippen molar-refractivity contribution in [1.82, 2.24) is 5.32 Å². The summed E-state index contributed by atoms with van der Waals surface area (Å²) in [5, 5.41) is 3.63. The molecule has 1 fully saturated rings. The Morgan fingerprint density at radius 1 is 1.21 bits per heavy atom. The lowest BCUT2D eigenvalue weighted by Crippen LogP contribution is -2.38. The Bertz CT molecular complexity index is 235. The van der Waals surface area contributed by atoms with E-state index < -0.39 is 0 Å². The zero-order valence-corrected chi connectivity index (χ0v) is 13.3. The van der Waals surface area contributed by atoms with Crippen molar-refractivity contribution >= 4 is 0 Å². The van der Waals surface area contributed by atoms with E-state index in [1.807, 2.05) is 0 Å². The number of nitrogens with two attached hydrogens (primary N) is 1. The van der Waals surface area contributed by atoms with Crippen LogP contribution in [0.25, 0.3) is 0 Å². The van der Waals surface area contributed by atoms with Crippen LogP contribution in [-0.2, 0) is 4.74 Å². The fourth-order valence-corrected chi connectivity index (χ4v) is 3.11. The average Bonchev–Trinajstić information content (AvgIpc) is 2.43. The van der Waals surface area contributed by atoms with Gasteiger partial charge in [0.05, 0.1) is 0 Å². The van der Waals surface area contributed by atoms with Crippen LogP contribution in [0.3, 0.4) is 0 Å². The number of methoxy groups -OCH3 is 1. The molecule has 3 nitrogen and oxygen atoms in total. The summed E-state index contributed by atoms with van der Waals surface area (Å²) in [7, 11) is 1.78. The van der Waals surface area contributed by atoms with Gasteiger partial charge in [-0.3, -0.25) is 0 Å². The number of hydrogen-bond acceptors (Lipinski definition) is 3. The Morgan fingerprint density at radius 3 is 2.47 bits per heavy atom. The van der Waals surface area contributed by atoms with Gasteiger partial charge in [0.1, 0.15) is 0 Å². The van der Waals surface area contributed by atoms with Crippen molar-refractivity contribution in [2.45, 2.75) is 58.8 Å². The molecule has 0 aromatic heterocycles. The molecule has 1 aliphatic carbocycles. The second-order valence-corrected chi connectivity index (χ2v) is 7.10. The molecule has 0 amide bonds. The van der Waals surface area contributed by atoms with Crippen LogP contribution in [-0.4, -0.2) is 33.4 Å². The quantitative estimate of drug-likeness (QED) is 0.633. The van der Waals surface area contributed by atoms with E-state index in [1.54, 1.807) is 7.11 Å². The van der Waals surface area contributed by atoms with Crippen molar-refractivity contribution in [3.63, 3.8) is 0 Å². The van der Waals surface area contributed by atoms with E-state index in [-0.39, 0.29) is 0 Å². The molecule has 0 bridgehead atoms. The summed E-state index contributed by atoms with van der Waals surface area (Å²) in [4.78, 5) is 0. The van der Waals surface area contributed by atoms with E-state index >= 15 is 0 Å². The summed E-state index contributed by atoms with van der Waals surface area (Å²) in [5.74, 6) is 0. The predicted octanol–water partition coefficient (Wildman–Crippen LogP) is 2.94. The van der Waals surface area contributed by atoms with Crippen LogP contribution >= 0.6 is 0 Å². The number of rotatable bonds is 9. The van der Waals surface area contributed by atoms with Crippen LogP contribution in [0.4, 0.5) is 0 Å². The summed E-state index contributed by atoms with van der Waals surface area (Å²) < 4.78 is 5.17. The summed E-state index contributed by atoms with van der Waals surface area (Å²) in [6.07, 6.45) is 9.16. The third-order valence-electron chi connectivity index (χ3n) is 4.77. The van der Waals surface area contributed by atoms with Crippen molar-refractivity contribution in [2.24, 2.45) is 16.6 Å². The standard InChI is InChI=1S/C16H34N2O/c1-15(2,10-12-19-3)14-18-11-9-16(13-17)7-5-4-6-8-16/h18H,4-14,17H2,1-3H3. The third kappa shape index (κ3) is 6.24. The van der Waals surface area contributed by atoms with E-state index in [9.17, 15) is 0 Å². The number of ether oxygens (including phenoxy) is 1. The van der Waals surface area contributed by atoms with E-state index in [0.717, 1.165) is 32.7 Å². The van der Waals surface area contributed by atoms with E-state index in [4.69, 9.17) is 10.5 Å². The Balaban J connectivity index is 2.21. The molecule has 0 heterocycles. The van der Waals surface area contributed by atoms with Gasteiger partial charge < -0.3 is 15.8 Å². The highest BCUT2D eigenvalue weighted by Crippen LogP contribution is 2.38. The van der Waals surface area contributed by atoms with Crippen molar-refractivity contribution in [3.8, 4) is 0 Å². The molecule has 0 atom stereocenters. The maximum atomic E-state index is 6.03. The lowest BCUT2D eigenvalue weighted by molar-refractivity contribution is 0.146. The van der Waals surface area contributed by atoms with Crippen molar-refractivity contribution in [1.29, 1.82) is 0 Å². The molecule has 114 valence electrons. The molecule has 0 radical (unpaired) electrons. The zero-order chi connectivity index (χ0) is 14.2. The molecule has 0 saturated heterocycles. The molecule has 19 heavy (non-hydrogen) atoms. The Kier molecular flexibility index (Phi) is 7.33. The first kappa shape index (κ1) is 16.9. The van der Waals surface area contributed by atoms with Gasteiger partial charge in [-0.25, -0.2) is 0 Å². The lowest BCUT2D eigenvalue weighted by atomic mass is 9.72. The molecule has 3 heteroatoms. The van der Waals surface area contributed by atoms with Crippen LogP contribution in [0.15, 0.2) is 0 Å². The highest BCUT2D eigenvalue weighted by atomic mass is 16.5. The van der Waals surface area contributed by atoms with E-state index in [2.05, 4.69) is 19.2 Å². The molecule has 3 N–H and O–H groups in total.